The average Bonchev–Trinajstić information content (AvgIpc) is 3.21. The number of fused-ring (bicyclic) bond motifs is 3. The van der Waals surface area contributed by atoms with Crippen molar-refractivity contribution >= 4 is 16.8 Å². The highest BCUT2D eigenvalue weighted by Gasteiger charge is 2.43. The van der Waals surface area contributed by atoms with Gasteiger partial charge in [-0.2, -0.15) is 13.2 Å². The molecule has 1 saturated heterocycles. The Morgan fingerprint density at radius 2 is 2.00 bits per heavy atom. The molecule has 12 heteroatoms. The molecule has 7 nitrogen and oxygen atoms in total. The van der Waals surface area contributed by atoms with Crippen LogP contribution < -0.4 is 15.8 Å². The predicted molar refractivity (Wildman–Crippen MR) is 132 cm³/mol. The second kappa shape index (κ2) is 10.2. The number of nitrogens with zero attached hydrogens (tertiary/aromatic N) is 2. The van der Waals surface area contributed by atoms with E-state index in [9.17, 15) is 22.4 Å². The molecule has 2 N–H and O–H groups in total. The van der Waals surface area contributed by atoms with Crippen LogP contribution in [0.5, 0.6) is 5.75 Å². The predicted octanol–water partition coefficient (Wildman–Crippen LogP) is 4.62. The molecule has 2 aromatic carbocycles. The van der Waals surface area contributed by atoms with Crippen molar-refractivity contribution in [2.45, 2.75) is 44.1 Å². The maximum absolute atomic E-state index is 15.9. The number of alkyl halides is 4. The van der Waals surface area contributed by atoms with E-state index < -0.39 is 36.4 Å². The van der Waals surface area contributed by atoms with Gasteiger partial charge in [0.1, 0.15) is 11.6 Å². The Labute approximate surface area is 215 Å². The van der Waals surface area contributed by atoms with E-state index in [4.69, 9.17) is 9.15 Å². The van der Waals surface area contributed by atoms with Crippen LogP contribution >= 0.6 is 0 Å². The van der Waals surface area contributed by atoms with Gasteiger partial charge in [-0.3, -0.25) is 19.2 Å². The number of aromatic amines is 1. The van der Waals surface area contributed by atoms with Crippen molar-refractivity contribution in [2.75, 3.05) is 45.3 Å². The molecule has 38 heavy (non-hydrogen) atoms. The van der Waals surface area contributed by atoms with Crippen LogP contribution in [0, 0.1) is 5.82 Å². The number of halogens is 5. The zero-order chi connectivity index (χ0) is 27.2. The standard InChI is InChI=1S/C26H29F5N4O3/c1-14-8-18-17(4-5-20-24(18)38-25(36)33-20)23(35(14)13-26(29,30)31)22-19(28)9-15(10-21(22)37-2)32-16-11-34(12-16)7-3-6-27/h4-5,9-10,14,16,23,32H,3,6-8,11-13H2,1-2H3,(H,33,36)/t14-,23+/m1/s1. The molecule has 0 radical (unpaired) electrons. The van der Waals surface area contributed by atoms with Crippen LogP contribution in [0.3, 0.4) is 0 Å². The van der Waals surface area contributed by atoms with Gasteiger partial charge in [0.05, 0.1) is 43.5 Å². The van der Waals surface area contributed by atoms with Crippen molar-refractivity contribution in [3.05, 3.63) is 57.3 Å². The minimum Gasteiger partial charge on any atom is -0.496 e. The lowest BCUT2D eigenvalue weighted by atomic mass is 9.83. The summed E-state index contributed by atoms with van der Waals surface area (Å²) in [7, 11) is 1.35. The first kappa shape index (κ1) is 26.5. The van der Waals surface area contributed by atoms with Crippen LogP contribution in [0.15, 0.2) is 33.5 Å². The van der Waals surface area contributed by atoms with E-state index in [1.807, 2.05) is 0 Å². The van der Waals surface area contributed by atoms with E-state index in [1.54, 1.807) is 25.1 Å². The summed E-state index contributed by atoms with van der Waals surface area (Å²) in [6.07, 6.45) is -3.89. The highest BCUT2D eigenvalue weighted by molar-refractivity contribution is 5.78. The third-order valence-electron chi connectivity index (χ3n) is 7.30. The Morgan fingerprint density at radius 3 is 2.68 bits per heavy atom. The largest absolute Gasteiger partial charge is 0.496 e. The number of likely N-dealkylation sites (tertiary alicyclic amines) is 1. The minimum atomic E-state index is -4.53. The molecule has 0 aliphatic carbocycles. The summed E-state index contributed by atoms with van der Waals surface area (Å²) in [5.41, 5.74) is 2.08. The zero-order valence-electron chi connectivity index (χ0n) is 21.0. The molecule has 0 amide bonds. The van der Waals surface area contributed by atoms with Gasteiger partial charge in [-0.15, -0.1) is 0 Å². The molecular weight excluding hydrogens is 511 g/mol. The van der Waals surface area contributed by atoms with Crippen molar-refractivity contribution < 1.29 is 31.1 Å². The summed E-state index contributed by atoms with van der Waals surface area (Å²) in [6.45, 7) is 2.00. The maximum atomic E-state index is 15.9. The SMILES string of the molecule is COc1cc(NC2CN(CCCF)C2)cc(F)c1[C@@H]1c2ccc3[nH]c(=O)oc3c2C[C@@H](C)N1CC(F)(F)F. The normalized spacial score (nSPS) is 20.9. The van der Waals surface area contributed by atoms with Crippen molar-refractivity contribution in [1.29, 1.82) is 0 Å². The molecule has 3 heterocycles. The van der Waals surface area contributed by atoms with Gasteiger partial charge in [0, 0.05) is 43.0 Å². The monoisotopic (exact) mass is 540 g/mol. The lowest BCUT2D eigenvalue weighted by Crippen LogP contribution is -2.54. The van der Waals surface area contributed by atoms with Crippen LogP contribution in [-0.2, 0) is 6.42 Å². The fourth-order valence-corrected chi connectivity index (χ4v) is 5.65. The fourth-order valence-electron chi connectivity index (χ4n) is 5.65. The lowest BCUT2D eigenvalue weighted by Gasteiger charge is -2.43. The Kier molecular flexibility index (Phi) is 7.12. The van der Waals surface area contributed by atoms with Crippen molar-refractivity contribution in [1.82, 2.24) is 14.8 Å². The number of aromatic nitrogens is 1. The molecule has 1 fully saturated rings. The fraction of sp³-hybridized carbons (Fsp3) is 0.500. The molecule has 2 aliphatic rings. The molecule has 0 saturated carbocycles. The van der Waals surface area contributed by atoms with E-state index in [-0.39, 0.29) is 36.0 Å². The number of hydrogen-bond donors (Lipinski definition) is 2. The summed E-state index contributed by atoms with van der Waals surface area (Å²) < 4.78 is 80.3. The van der Waals surface area contributed by atoms with E-state index in [0.29, 0.717) is 48.4 Å². The molecule has 5 rings (SSSR count). The number of H-pyrrole nitrogens is 1. The van der Waals surface area contributed by atoms with Gasteiger partial charge in [-0.25, -0.2) is 9.18 Å². The van der Waals surface area contributed by atoms with Crippen LogP contribution in [0.1, 0.15) is 36.1 Å². The molecule has 2 atom stereocenters. The van der Waals surface area contributed by atoms with Crippen LogP contribution in [0.25, 0.3) is 11.1 Å². The molecule has 206 valence electrons. The Bertz CT molecular complexity index is 1370. The second-order valence-corrected chi connectivity index (χ2v) is 9.99. The second-order valence-electron chi connectivity index (χ2n) is 9.99. The Morgan fingerprint density at radius 1 is 1.24 bits per heavy atom. The molecule has 3 aromatic rings. The maximum Gasteiger partial charge on any atom is 0.417 e. The van der Waals surface area contributed by atoms with Crippen LogP contribution in [0.2, 0.25) is 0 Å². The van der Waals surface area contributed by atoms with E-state index in [0.717, 1.165) is 0 Å². The first-order valence-corrected chi connectivity index (χ1v) is 12.5. The third kappa shape index (κ3) is 5.11. The number of oxazole rings is 1. The number of ether oxygens (including phenoxy) is 1. The average molecular weight is 541 g/mol. The topological polar surface area (TPSA) is 73.7 Å². The van der Waals surface area contributed by atoms with Gasteiger partial charge >= 0.3 is 11.9 Å². The van der Waals surface area contributed by atoms with Crippen LogP contribution in [0.4, 0.5) is 27.6 Å². The number of rotatable bonds is 8. The summed E-state index contributed by atoms with van der Waals surface area (Å²) in [5, 5.41) is 3.23. The molecule has 1 aromatic heterocycles. The highest BCUT2D eigenvalue weighted by atomic mass is 19.4. The highest BCUT2D eigenvalue weighted by Crippen LogP contribution is 2.46. The van der Waals surface area contributed by atoms with Crippen molar-refractivity contribution in [3.63, 3.8) is 0 Å². The van der Waals surface area contributed by atoms with Gasteiger partial charge in [-0.05, 0) is 37.5 Å². The number of hydrogen-bond acceptors (Lipinski definition) is 6. The first-order valence-electron chi connectivity index (χ1n) is 12.5. The first-order chi connectivity index (χ1) is 18.1. The van der Waals surface area contributed by atoms with Gasteiger partial charge < -0.3 is 14.5 Å². The smallest absolute Gasteiger partial charge is 0.417 e. The minimum absolute atomic E-state index is 0.0227. The lowest BCUT2D eigenvalue weighted by molar-refractivity contribution is -0.155. The molecular formula is C26H29F5N4O3. The Balaban J connectivity index is 1.55. The van der Waals surface area contributed by atoms with E-state index in [1.165, 1.54) is 18.1 Å². The summed E-state index contributed by atoms with van der Waals surface area (Å²) in [4.78, 5) is 17.7. The number of methoxy groups -OCH3 is 1. The summed E-state index contributed by atoms with van der Waals surface area (Å²) >= 11 is 0. The molecule has 2 aliphatic heterocycles. The summed E-state index contributed by atoms with van der Waals surface area (Å²) in [6, 6.07) is 4.26. The van der Waals surface area contributed by atoms with Crippen LogP contribution in [-0.4, -0.2) is 73.0 Å². The van der Waals surface area contributed by atoms with E-state index in [2.05, 4.69) is 15.2 Å². The third-order valence-corrected chi connectivity index (χ3v) is 7.30. The molecule has 0 bridgehead atoms. The molecule has 0 unspecified atom stereocenters. The van der Waals surface area contributed by atoms with Gasteiger partial charge in [0.25, 0.3) is 0 Å². The van der Waals surface area contributed by atoms with Gasteiger partial charge in [-0.1, -0.05) is 6.07 Å². The zero-order valence-corrected chi connectivity index (χ0v) is 21.0. The number of benzene rings is 2. The number of anilines is 1. The quantitative estimate of drug-likeness (QED) is 0.407. The van der Waals surface area contributed by atoms with E-state index >= 15 is 4.39 Å². The summed E-state index contributed by atoms with van der Waals surface area (Å²) in [5.74, 6) is -1.28. The van der Waals surface area contributed by atoms with Crippen molar-refractivity contribution in [3.8, 4) is 5.75 Å². The van der Waals surface area contributed by atoms with Gasteiger partial charge in [0.2, 0.25) is 0 Å². The number of nitrogens with one attached hydrogen (secondary N) is 2. The molecule has 0 spiro atoms. The Hall–Kier alpha value is -3.12. The van der Waals surface area contributed by atoms with Crippen molar-refractivity contribution in [2.24, 2.45) is 0 Å². The van der Waals surface area contributed by atoms with Gasteiger partial charge in [0.15, 0.2) is 5.58 Å².